The Kier molecular flexibility index (Phi) is 6.16. The van der Waals surface area contributed by atoms with Crippen LogP contribution in [0.15, 0.2) is 35.5 Å². The molecule has 0 saturated heterocycles. The first kappa shape index (κ1) is 19.0. The maximum Gasteiger partial charge on any atom is 0.338 e. The van der Waals surface area contributed by atoms with Crippen molar-refractivity contribution in [2.24, 2.45) is 0 Å². The molecule has 2 aromatic rings. The first-order valence-corrected chi connectivity index (χ1v) is 9.30. The van der Waals surface area contributed by atoms with E-state index in [4.69, 9.17) is 4.74 Å². The van der Waals surface area contributed by atoms with Gasteiger partial charge in [-0.2, -0.15) is 4.68 Å². The number of hydrogen-bond acceptors (Lipinski definition) is 6. The number of carbonyl (C=O) groups is 1. The Morgan fingerprint density at radius 3 is 2.81 bits per heavy atom. The van der Waals surface area contributed by atoms with E-state index in [1.165, 1.54) is 17.2 Å². The largest absolute Gasteiger partial charge is 0.462 e. The summed E-state index contributed by atoms with van der Waals surface area (Å²) in [5, 5.41) is 14.5. The molecule has 0 fully saturated rings. The Labute approximate surface area is 157 Å². The predicted molar refractivity (Wildman–Crippen MR) is 98.4 cm³/mol. The lowest BCUT2D eigenvalue weighted by atomic mass is 9.95. The van der Waals surface area contributed by atoms with Crippen LogP contribution in [-0.2, 0) is 9.53 Å². The summed E-state index contributed by atoms with van der Waals surface area (Å²) in [5.74, 6) is -0.551. The number of allylic oxidation sites excluding steroid dienone is 1. The van der Waals surface area contributed by atoms with E-state index in [2.05, 4.69) is 27.8 Å². The van der Waals surface area contributed by atoms with Gasteiger partial charge in [0, 0.05) is 11.3 Å². The third kappa shape index (κ3) is 4.15. The fourth-order valence-corrected chi connectivity index (χ4v) is 3.21. The molecule has 1 aliphatic heterocycles. The van der Waals surface area contributed by atoms with Crippen LogP contribution in [0.3, 0.4) is 0 Å². The first-order valence-electron chi connectivity index (χ1n) is 9.30. The van der Waals surface area contributed by atoms with Crippen LogP contribution < -0.4 is 5.32 Å². The van der Waals surface area contributed by atoms with Gasteiger partial charge < -0.3 is 10.1 Å². The normalized spacial score (nSPS) is 16.0. The van der Waals surface area contributed by atoms with Gasteiger partial charge in [-0.1, -0.05) is 55.9 Å². The second-order valence-corrected chi connectivity index (χ2v) is 6.58. The number of nitrogens with zero attached hydrogens (tertiary/aromatic N) is 4. The highest BCUT2D eigenvalue weighted by Crippen LogP contribution is 2.35. The van der Waals surface area contributed by atoms with E-state index in [1.54, 1.807) is 25.1 Å². The van der Waals surface area contributed by atoms with Crippen molar-refractivity contribution in [1.29, 1.82) is 0 Å². The van der Waals surface area contributed by atoms with Crippen molar-refractivity contribution >= 4 is 11.9 Å². The maximum absolute atomic E-state index is 14.5. The first-order chi connectivity index (χ1) is 13.1. The summed E-state index contributed by atoms with van der Waals surface area (Å²) in [6.45, 7) is 4.23. The predicted octanol–water partition coefficient (Wildman–Crippen LogP) is 3.61. The number of fused-ring (bicyclic) bond motifs is 1. The van der Waals surface area contributed by atoms with Crippen LogP contribution in [0.5, 0.6) is 0 Å². The number of rotatable bonds is 8. The quantitative estimate of drug-likeness (QED) is 0.562. The molecular weight excluding hydrogens is 349 g/mol. The number of carbonyl (C=O) groups excluding carboxylic acids is 1. The second kappa shape index (κ2) is 8.75. The average Bonchev–Trinajstić information content (AvgIpc) is 3.12. The van der Waals surface area contributed by atoms with Crippen LogP contribution in [0.4, 0.5) is 10.3 Å². The van der Waals surface area contributed by atoms with E-state index in [9.17, 15) is 9.18 Å². The zero-order valence-corrected chi connectivity index (χ0v) is 15.6. The van der Waals surface area contributed by atoms with Gasteiger partial charge >= 0.3 is 5.97 Å². The highest BCUT2D eigenvalue weighted by Gasteiger charge is 2.36. The molecular formula is C19H24FN5O2. The van der Waals surface area contributed by atoms with Crippen molar-refractivity contribution in [3.05, 3.63) is 46.9 Å². The maximum atomic E-state index is 14.5. The zero-order valence-electron chi connectivity index (χ0n) is 15.6. The molecule has 0 unspecified atom stereocenters. The molecule has 0 radical (unpaired) electrons. The van der Waals surface area contributed by atoms with Crippen molar-refractivity contribution in [2.45, 2.75) is 52.0 Å². The van der Waals surface area contributed by atoms with E-state index in [1.807, 2.05) is 0 Å². The minimum absolute atomic E-state index is 0.313. The van der Waals surface area contributed by atoms with Crippen molar-refractivity contribution in [1.82, 2.24) is 20.2 Å². The summed E-state index contributed by atoms with van der Waals surface area (Å²) in [6.07, 6.45) is 5.30. The molecule has 2 heterocycles. The summed E-state index contributed by atoms with van der Waals surface area (Å²) >= 11 is 0. The summed E-state index contributed by atoms with van der Waals surface area (Å²) in [4.78, 5) is 12.8. The number of unbranched alkanes of at least 4 members (excludes halogenated alkanes) is 4. The van der Waals surface area contributed by atoms with Crippen LogP contribution in [0.2, 0.25) is 0 Å². The molecule has 0 bridgehead atoms. The smallest absolute Gasteiger partial charge is 0.338 e. The molecule has 144 valence electrons. The lowest BCUT2D eigenvalue weighted by Crippen LogP contribution is -2.30. The monoisotopic (exact) mass is 373 g/mol. The van der Waals surface area contributed by atoms with Gasteiger partial charge in [0.25, 0.3) is 0 Å². The molecule has 1 aromatic heterocycles. The van der Waals surface area contributed by atoms with Gasteiger partial charge in [-0.05, 0) is 29.8 Å². The lowest BCUT2D eigenvalue weighted by Gasteiger charge is -2.27. The standard InChI is InChI=1S/C19H24FN5O2/c1-3-4-5-6-9-12-27-18(26)16-13(2)21-19-22-23-24-25(19)17(16)14-10-7-8-11-15(14)20/h7-8,10-11,17H,3-6,9,12H2,1-2H3,(H,21,22,24)/t17-/m1/s1. The Hall–Kier alpha value is -2.77. The van der Waals surface area contributed by atoms with Gasteiger partial charge in [-0.15, -0.1) is 0 Å². The molecule has 0 aliphatic carbocycles. The fourth-order valence-electron chi connectivity index (χ4n) is 3.21. The topological polar surface area (TPSA) is 81.9 Å². The Morgan fingerprint density at radius 2 is 2.04 bits per heavy atom. The van der Waals surface area contributed by atoms with E-state index in [0.29, 0.717) is 29.4 Å². The molecule has 8 heteroatoms. The molecule has 0 amide bonds. The lowest BCUT2D eigenvalue weighted by molar-refractivity contribution is -0.139. The van der Waals surface area contributed by atoms with E-state index >= 15 is 0 Å². The van der Waals surface area contributed by atoms with Gasteiger partial charge in [0.2, 0.25) is 5.95 Å². The fraction of sp³-hybridized carbons (Fsp3) is 0.474. The molecule has 3 rings (SSSR count). The molecule has 0 spiro atoms. The van der Waals surface area contributed by atoms with Crippen molar-refractivity contribution in [3.63, 3.8) is 0 Å². The Balaban J connectivity index is 1.81. The highest BCUT2D eigenvalue weighted by atomic mass is 19.1. The van der Waals surface area contributed by atoms with E-state index < -0.39 is 17.8 Å². The van der Waals surface area contributed by atoms with Crippen LogP contribution >= 0.6 is 0 Å². The summed E-state index contributed by atoms with van der Waals surface area (Å²) in [7, 11) is 0. The summed E-state index contributed by atoms with van der Waals surface area (Å²) in [6, 6.07) is 5.53. The molecule has 1 N–H and O–H groups in total. The third-order valence-corrected chi connectivity index (χ3v) is 4.61. The SMILES string of the molecule is CCCCCCCOC(=O)C1=C(C)Nc2nnnn2[C@@H]1c1ccccc1F. The van der Waals surface area contributed by atoms with Crippen molar-refractivity contribution in [3.8, 4) is 0 Å². The van der Waals surface area contributed by atoms with Crippen LogP contribution in [0, 0.1) is 5.82 Å². The molecule has 1 aliphatic rings. The van der Waals surface area contributed by atoms with Gasteiger partial charge in [0.15, 0.2) is 0 Å². The molecule has 1 atom stereocenters. The number of tetrazole rings is 1. The van der Waals surface area contributed by atoms with Gasteiger partial charge in [0.05, 0.1) is 12.2 Å². The molecule has 27 heavy (non-hydrogen) atoms. The summed E-state index contributed by atoms with van der Waals surface area (Å²) < 4.78 is 21.4. The Morgan fingerprint density at radius 1 is 1.26 bits per heavy atom. The minimum Gasteiger partial charge on any atom is -0.462 e. The van der Waals surface area contributed by atoms with Crippen molar-refractivity contribution in [2.75, 3.05) is 11.9 Å². The molecule has 0 saturated carbocycles. The number of aromatic nitrogens is 4. The van der Waals surface area contributed by atoms with Gasteiger partial charge in [-0.3, -0.25) is 0 Å². The van der Waals surface area contributed by atoms with E-state index in [-0.39, 0.29) is 0 Å². The Bertz CT molecular complexity index is 833. The number of benzene rings is 1. The molecule has 7 nitrogen and oxygen atoms in total. The number of halogens is 1. The second-order valence-electron chi connectivity index (χ2n) is 6.58. The molecule has 1 aromatic carbocycles. The average molecular weight is 373 g/mol. The zero-order chi connectivity index (χ0) is 19.2. The van der Waals surface area contributed by atoms with Crippen LogP contribution in [-0.4, -0.2) is 32.8 Å². The van der Waals surface area contributed by atoms with Crippen LogP contribution in [0.25, 0.3) is 0 Å². The number of hydrogen-bond donors (Lipinski definition) is 1. The number of ether oxygens (including phenoxy) is 1. The number of nitrogens with one attached hydrogen (secondary N) is 1. The van der Waals surface area contributed by atoms with Gasteiger partial charge in [0.1, 0.15) is 11.9 Å². The third-order valence-electron chi connectivity index (χ3n) is 4.61. The van der Waals surface area contributed by atoms with Crippen LogP contribution in [0.1, 0.15) is 57.6 Å². The number of anilines is 1. The van der Waals surface area contributed by atoms with E-state index in [0.717, 1.165) is 25.7 Å². The minimum atomic E-state index is -0.773. The van der Waals surface area contributed by atoms with Gasteiger partial charge in [-0.25, -0.2) is 9.18 Å². The number of esters is 1. The van der Waals surface area contributed by atoms with Crippen molar-refractivity contribution < 1.29 is 13.9 Å². The summed E-state index contributed by atoms with van der Waals surface area (Å²) in [5.41, 5.74) is 1.19. The highest BCUT2D eigenvalue weighted by molar-refractivity contribution is 5.92.